The Hall–Kier alpha value is -1.27. The largest absolute Gasteiger partial charge is 0.468 e. The fraction of sp³-hybridized carbons (Fsp3) is 0.556. The lowest BCUT2D eigenvalue weighted by atomic mass is 10.1. The number of ether oxygens (including phenoxy) is 1. The molecule has 0 radical (unpaired) electrons. The highest BCUT2D eigenvalue weighted by Crippen LogP contribution is 2.36. The first-order valence-corrected chi connectivity index (χ1v) is 9.64. The summed E-state index contributed by atoms with van der Waals surface area (Å²) in [6.07, 6.45) is 3.00. The summed E-state index contributed by atoms with van der Waals surface area (Å²) in [5, 5.41) is 2.38. The molecule has 1 rings (SSSR count). The molecule has 0 aromatic heterocycles. The first kappa shape index (κ1) is 21.8. The molecule has 25 heavy (non-hydrogen) atoms. The normalized spacial score (nSPS) is 13.2. The monoisotopic (exact) mass is 389 g/mol. The van der Waals surface area contributed by atoms with Gasteiger partial charge in [-0.3, -0.25) is 9.59 Å². The van der Waals surface area contributed by atoms with Gasteiger partial charge in [0.2, 0.25) is 5.91 Å². The van der Waals surface area contributed by atoms with Crippen molar-refractivity contribution in [3.8, 4) is 0 Å². The van der Waals surface area contributed by atoms with Gasteiger partial charge >= 0.3 is 5.97 Å². The topological polar surface area (TPSA) is 55.4 Å². The molecule has 2 unspecified atom stereocenters. The first-order chi connectivity index (χ1) is 11.8. The Morgan fingerprint density at radius 1 is 1.28 bits per heavy atom. The van der Waals surface area contributed by atoms with E-state index in [1.165, 1.54) is 24.9 Å². The maximum Gasteiger partial charge on any atom is 0.319 e. The van der Waals surface area contributed by atoms with Gasteiger partial charge in [0.05, 0.1) is 17.8 Å². The van der Waals surface area contributed by atoms with Gasteiger partial charge in [-0.2, -0.15) is 0 Å². The highest BCUT2D eigenvalue weighted by molar-refractivity contribution is 8.00. The summed E-state index contributed by atoms with van der Waals surface area (Å²) < 4.78 is 19.0. The number of methoxy groups -OCH3 is 1. The van der Waals surface area contributed by atoms with Crippen LogP contribution in [-0.2, 0) is 14.3 Å². The lowest BCUT2D eigenvalue weighted by Gasteiger charge is -2.16. The summed E-state index contributed by atoms with van der Waals surface area (Å²) in [5.41, 5.74) is 0.0694. The minimum absolute atomic E-state index is 0.0694. The number of esters is 1. The SMILES string of the molecule is CCCC(C)C(=O)Nc1cc(SC(CCC)C(=O)OC)c(Cl)cc1F. The van der Waals surface area contributed by atoms with Gasteiger partial charge in [0, 0.05) is 10.8 Å². The van der Waals surface area contributed by atoms with Crippen molar-refractivity contribution in [3.63, 3.8) is 0 Å². The van der Waals surface area contributed by atoms with Gasteiger partial charge in [-0.15, -0.1) is 11.8 Å². The third kappa shape index (κ3) is 6.51. The highest BCUT2D eigenvalue weighted by Gasteiger charge is 2.22. The van der Waals surface area contributed by atoms with Crippen LogP contribution in [0.2, 0.25) is 5.02 Å². The lowest BCUT2D eigenvalue weighted by molar-refractivity contribution is -0.140. The fourth-order valence-electron chi connectivity index (χ4n) is 2.31. The number of amides is 1. The predicted octanol–water partition coefficient (Wildman–Crippen LogP) is 5.29. The molecule has 0 spiro atoms. The van der Waals surface area contributed by atoms with E-state index in [0.717, 1.165) is 25.3 Å². The molecule has 1 aromatic rings. The summed E-state index contributed by atoms with van der Waals surface area (Å²) >= 11 is 7.33. The molecule has 0 bridgehead atoms. The summed E-state index contributed by atoms with van der Waals surface area (Å²) in [6, 6.07) is 2.63. The number of hydrogen-bond donors (Lipinski definition) is 1. The second-order valence-electron chi connectivity index (χ2n) is 5.86. The maximum absolute atomic E-state index is 14.2. The molecule has 140 valence electrons. The van der Waals surface area contributed by atoms with E-state index in [1.807, 2.05) is 13.8 Å². The number of carbonyl (C=O) groups excluding carboxylic acids is 2. The van der Waals surface area contributed by atoms with E-state index in [4.69, 9.17) is 16.3 Å². The second kappa shape index (κ2) is 10.7. The van der Waals surface area contributed by atoms with Crippen LogP contribution in [0.1, 0.15) is 46.5 Å². The molecule has 7 heteroatoms. The number of carbonyl (C=O) groups is 2. The van der Waals surface area contributed by atoms with Crippen LogP contribution >= 0.6 is 23.4 Å². The molecular formula is C18H25ClFNO3S. The fourth-order valence-corrected chi connectivity index (χ4v) is 3.80. The van der Waals surface area contributed by atoms with E-state index in [1.54, 1.807) is 6.92 Å². The Morgan fingerprint density at radius 3 is 2.48 bits per heavy atom. The molecular weight excluding hydrogens is 365 g/mol. The van der Waals surface area contributed by atoms with Gasteiger partial charge in [0.1, 0.15) is 11.1 Å². The van der Waals surface area contributed by atoms with Crippen LogP contribution in [0.15, 0.2) is 17.0 Å². The van der Waals surface area contributed by atoms with Crippen LogP contribution in [0.4, 0.5) is 10.1 Å². The average Bonchev–Trinajstić information content (AvgIpc) is 2.57. The molecule has 1 aromatic carbocycles. The molecule has 0 aliphatic heterocycles. The van der Waals surface area contributed by atoms with Crippen molar-refractivity contribution < 1.29 is 18.7 Å². The molecule has 2 atom stereocenters. The number of nitrogens with one attached hydrogen (secondary N) is 1. The van der Waals surface area contributed by atoms with Crippen molar-refractivity contribution in [2.45, 2.75) is 56.6 Å². The molecule has 0 saturated carbocycles. The predicted molar refractivity (Wildman–Crippen MR) is 101 cm³/mol. The molecule has 1 amide bonds. The van der Waals surface area contributed by atoms with Gasteiger partial charge in [-0.05, 0) is 25.0 Å². The Kier molecular flexibility index (Phi) is 9.28. The number of benzene rings is 1. The molecule has 0 heterocycles. The quantitative estimate of drug-likeness (QED) is 0.460. The van der Waals surface area contributed by atoms with Gasteiger partial charge in [0.15, 0.2) is 0 Å². The zero-order chi connectivity index (χ0) is 19.0. The van der Waals surface area contributed by atoms with Crippen molar-refractivity contribution >= 4 is 40.9 Å². The van der Waals surface area contributed by atoms with Crippen LogP contribution in [0.5, 0.6) is 0 Å². The van der Waals surface area contributed by atoms with Crippen molar-refractivity contribution in [1.82, 2.24) is 0 Å². The number of thioether (sulfide) groups is 1. The second-order valence-corrected chi connectivity index (χ2v) is 7.51. The van der Waals surface area contributed by atoms with Gasteiger partial charge in [-0.1, -0.05) is 45.2 Å². The van der Waals surface area contributed by atoms with Crippen molar-refractivity contribution in [2.75, 3.05) is 12.4 Å². The maximum atomic E-state index is 14.2. The Balaban J connectivity index is 3.01. The first-order valence-electron chi connectivity index (χ1n) is 8.38. The van der Waals surface area contributed by atoms with E-state index in [0.29, 0.717) is 11.3 Å². The third-order valence-electron chi connectivity index (χ3n) is 3.73. The van der Waals surface area contributed by atoms with E-state index in [2.05, 4.69) is 5.32 Å². The number of rotatable bonds is 9. The number of halogens is 2. The zero-order valence-corrected chi connectivity index (χ0v) is 16.6. The minimum Gasteiger partial charge on any atom is -0.468 e. The van der Waals surface area contributed by atoms with Crippen LogP contribution in [0.25, 0.3) is 0 Å². The molecule has 0 aliphatic rings. The number of hydrogen-bond acceptors (Lipinski definition) is 4. The van der Waals surface area contributed by atoms with E-state index in [-0.39, 0.29) is 28.5 Å². The third-order valence-corrected chi connectivity index (χ3v) is 5.46. The number of anilines is 1. The summed E-state index contributed by atoms with van der Waals surface area (Å²) in [5.74, 6) is -1.40. The Labute approximate surface area is 157 Å². The van der Waals surface area contributed by atoms with Crippen molar-refractivity contribution in [2.24, 2.45) is 5.92 Å². The van der Waals surface area contributed by atoms with E-state index >= 15 is 0 Å². The Morgan fingerprint density at radius 2 is 1.92 bits per heavy atom. The lowest BCUT2D eigenvalue weighted by Crippen LogP contribution is -2.21. The van der Waals surface area contributed by atoms with Crippen LogP contribution in [0, 0.1) is 11.7 Å². The van der Waals surface area contributed by atoms with E-state index < -0.39 is 11.1 Å². The van der Waals surface area contributed by atoms with Crippen LogP contribution in [0.3, 0.4) is 0 Å². The van der Waals surface area contributed by atoms with Crippen molar-refractivity contribution in [3.05, 3.63) is 23.0 Å². The average molecular weight is 390 g/mol. The van der Waals surface area contributed by atoms with Crippen LogP contribution in [-0.4, -0.2) is 24.2 Å². The highest BCUT2D eigenvalue weighted by atomic mass is 35.5. The summed E-state index contributed by atoms with van der Waals surface area (Å²) in [7, 11) is 1.33. The minimum atomic E-state index is -0.600. The zero-order valence-electron chi connectivity index (χ0n) is 15.0. The van der Waals surface area contributed by atoms with Gasteiger partial charge < -0.3 is 10.1 Å². The molecule has 0 fully saturated rings. The summed E-state index contributed by atoms with van der Waals surface area (Å²) in [4.78, 5) is 24.5. The van der Waals surface area contributed by atoms with E-state index in [9.17, 15) is 14.0 Å². The molecule has 1 N–H and O–H groups in total. The Bertz CT molecular complexity index is 612. The van der Waals surface area contributed by atoms with Crippen molar-refractivity contribution in [1.29, 1.82) is 0 Å². The summed E-state index contributed by atoms with van der Waals surface area (Å²) in [6.45, 7) is 5.75. The molecule has 4 nitrogen and oxygen atoms in total. The van der Waals surface area contributed by atoms with Crippen LogP contribution < -0.4 is 5.32 Å². The van der Waals surface area contributed by atoms with Gasteiger partial charge in [-0.25, -0.2) is 4.39 Å². The van der Waals surface area contributed by atoms with Gasteiger partial charge in [0.25, 0.3) is 0 Å². The standard InChI is InChI=1S/C18H25ClFNO3S/c1-5-7-11(3)17(22)21-14-10-16(12(19)9-13(14)20)25-15(8-6-2)18(23)24-4/h9-11,15H,5-8H2,1-4H3,(H,21,22). The smallest absolute Gasteiger partial charge is 0.319 e. The molecule has 0 saturated heterocycles. The molecule has 0 aliphatic carbocycles.